The Balaban J connectivity index is 2.19. The molecule has 1 N–H and O–H groups in total. The first-order chi connectivity index (χ1) is 9.11. The first-order valence-electron chi connectivity index (χ1n) is 6.69. The van der Waals surface area contributed by atoms with E-state index in [1.165, 1.54) is 0 Å². The summed E-state index contributed by atoms with van der Waals surface area (Å²) in [5.74, 6) is 0.107. The van der Waals surface area contributed by atoms with Crippen LogP contribution in [0.25, 0.3) is 0 Å². The van der Waals surface area contributed by atoms with Crippen LogP contribution in [0.4, 0.5) is 5.69 Å². The first kappa shape index (κ1) is 13.6. The molecule has 1 aromatic carbocycles. The lowest BCUT2D eigenvalue weighted by molar-refractivity contribution is -0.121. The molecule has 1 aromatic rings. The van der Waals surface area contributed by atoms with Crippen LogP contribution in [-0.2, 0) is 4.79 Å². The number of carbonyl (C=O) groups is 1. The smallest absolute Gasteiger partial charge is 0.244 e. The van der Waals surface area contributed by atoms with Gasteiger partial charge in [-0.1, -0.05) is 19.9 Å². The van der Waals surface area contributed by atoms with Crippen LogP contribution in [-0.4, -0.2) is 24.5 Å². The highest BCUT2D eigenvalue weighted by Crippen LogP contribution is 2.22. The number of nitriles is 1. The largest absolute Gasteiger partial charge is 0.311 e. The van der Waals surface area contributed by atoms with E-state index in [4.69, 9.17) is 5.26 Å². The number of anilines is 1. The zero-order valence-corrected chi connectivity index (χ0v) is 11.4. The minimum Gasteiger partial charge on any atom is -0.311 e. The highest BCUT2D eigenvalue weighted by molar-refractivity contribution is 5.98. The molecule has 0 spiro atoms. The Labute approximate surface area is 114 Å². The van der Waals surface area contributed by atoms with E-state index >= 15 is 0 Å². The second-order valence-corrected chi connectivity index (χ2v) is 5.17. The molecule has 2 rings (SSSR count). The molecule has 1 fully saturated rings. The van der Waals surface area contributed by atoms with Crippen LogP contribution in [0.1, 0.15) is 32.3 Å². The summed E-state index contributed by atoms with van der Waals surface area (Å²) >= 11 is 0. The molecule has 0 aromatic heterocycles. The van der Waals surface area contributed by atoms with Crippen molar-refractivity contribution in [2.75, 3.05) is 11.4 Å². The van der Waals surface area contributed by atoms with Crippen LogP contribution in [0.2, 0.25) is 0 Å². The summed E-state index contributed by atoms with van der Waals surface area (Å²) in [6.07, 6.45) is 1.86. The van der Waals surface area contributed by atoms with Gasteiger partial charge in [0.1, 0.15) is 0 Å². The fourth-order valence-corrected chi connectivity index (χ4v) is 2.43. The molecule has 1 aliphatic heterocycles. The normalized spacial score (nSPS) is 19.6. The lowest BCUT2D eigenvalue weighted by Gasteiger charge is -2.33. The third-order valence-corrected chi connectivity index (χ3v) is 3.26. The molecule has 0 radical (unpaired) electrons. The minimum atomic E-state index is -0.112. The van der Waals surface area contributed by atoms with E-state index in [0.29, 0.717) is 11.6 Å². The number of hydrogen-bond donors (Lipinski definition) is 1. The summed E-state index contributed by atoms with van der Waals surface area (Å²) in [6.45, 7) is 4.81. The Kier molecular flexibility index (Phi) is 4.18. The maximum atomic E-state index is 12.4. The lowest BCUT2D eigenvalue weighted by atomic mass is 10.0. The zero-order chi connectivity index (χ0) is 13.8. The summed E-state index contributed by atoms with van der Waals surface area (Å²) < 4.78 is 0. The molecule has 4 heteroatoms. The van der Waals surface area contributed by atoms with Crippen LogP contribution >= 0.6 is 0 Å². The number of benzene rings is 1. The van der Waals surface area contributed by atoms with Crippen molar-refractivity contribution in [2.24, 2.45) is 0 Å². The fraction of sp³-hybridized carbons (Fsp3) is 0.467. The molecule has 0 bridgehead atoms. The Hall–Kier alpha value is -1.86. The predicted molar refractivity (Wildman–Crippen MR) is 74.8 cm³/mol. The lowest BCUT2D eigenvalue weighted by Crippen LogP contribution is -2.52. The molecule has 4 nitrogen and oxygen atoms in total. The highest BCUT2D eigenvalue weighted by atomic mass is 16.2. The molecule has 1 unspecified atom stereocenters. The van der Waals surface area contributed by atoms with Crippen LogP contribution < -0.4 is 10.2 Å². The van der Waals surface area contributed by atoms with Gasteiger partial charge in [0.25, 0.3) is 0 Å². The van der Waals surface area contributed by atoms with Crippen LogP contribution in [0, 0.1) is 11.3 Å². The van der Waals surface area contributed by atoms with E-state index in [2.05, 4.69) is 11.4 Å². The summed E-state index contributed by atoms with van der Waals surface area (Å²) in [7, 11) is 0. The van der Waals surface area contributed by atoms with Crippen molar-refractivity contribution in [1.82, 2.24) is 5.32 Å². The molecular formula is C15H19N3O. The van der Waals surface area contributed by atoms with Crippen molar-refractivity contribution in [1.29, 1.82) is 5.26 Å². The number of amides is 1. The van der Waals surface area contributed by atoms with Gasteiger partial charge >= 0.3 is 0 Å². The zero-order valence-electron chi connectivity index (χ0n) is 11.4. The van der Waals surface area contributed by atoms with Gasteiger partial charge in [-0.25, -0.2) is 0 Å². The SMILES string of the molecule is CC(C)NC1CCCN(c2cccc(C#N)c2)C1=O. The minimum absolute atomic E-state index is 0.107. The third kappa shape index (κ3) is 3.12. The third-order valence-electron chi connectivity index (χ3n) is 3.26. The van der Waals surface area contributed by atoms with Crippen molar-refractivity contribution in [3.05, 3.63) is 29.8 Å². The summed E-state index contributed by atoms with van der Waals surface area (Å²) in [4.78, 5) is 14.2. The van der Waals surface area contributed by atoms with Gasteiger partial charge in [-0.2, -0.15) is 5.26 Å². The van der Waals surface area contributed by atoms with E-state index in [-0.39, 0.29) is 11.9 Å². The van der Waals surface area contributed by atoms with Crippen LogP contribution in [0.15, 0.2) is 24.3 Å². The number of nitrogens with one attached hydrogen (secondary N) is 1. The molecule has 1 aliphatic rings. The summed E-state index contributed by atoms with van der Waals surface area (Å²) in [5, 5.41) is 12.2. The Morgan fingerprint density at radius 2 is 2.26 bits per heavy atom. The molecule has 0 saturated carbocycles. The van der Waals surface area contributed by atoms with Gasteiger partial charge in [0.15, 0.2) is 0 Å². The molecule has 1 amide bonds. The molecule has 19 heavy (non-hydrogen) atoms. The quantitative estimate of drug-likeness (QED) is 0.901. The molecule has 1 heterocycles. The van der Waals surface area contributed by atoms with Crippen molar-refractivity contribution in [3.8, 4) is 6.07 Å². The fourth-order valence-electron chi connectivity index (χ4n) is 2.43. The standard InChI is InChI=1S/C15H19N3O/c1-11(2)17-14-7-4-8-18(15(14)19)13-6-3-5-12(9-13)10-16/h3,5-6,9,11,14,17H,4,7-8H2,1-2H3. The Morgan fingerprint density at radius 3 is 2.95 bits per heavy atom. The molecule has 1 saturated heterocycles. The van der Waals surface area contributed by atoms with Gasteiger partial charge in [-0.15, -0.1) is 0 Å². The average Bonchev–Trinajstić information content (AvgIpc) is 2.41. The topological polar surface area (TPSA) is 56.1 Å². The second kappa shape index (κ2) is 5.85. The van der Waals surface area contributed by atoms with Gasteiger partial charge in [0.05, 0.1) is 17.7 Å². The summed E-state index contributed by atoms with van der Waals surface area (Å²) in [6, 6.07) is 9.52. The van der Waals surface area contributed by atoms with Gasteiger partial charge in [-0.3, -0.25) is 4.79 Å². The molecule has 0 aliphatic carbocycles. The van der Waals surface area contributed by atoms with Crippen molar-refractivity contribution < 1.29 is 4.79 Å². The monoisotopic (exact) mass is 257 g/mol. The number of rotatable bonds is 3. The van der Waals surface area contributed by atoms with Crippen LogP contribution in [0.5, 0.6) is 0 Å². The van der Waals surface area contributed by atoms with Crippen molar-refractivity contribution in [3.63, 3.8) is 0 Å². The first-order valence-corrected chi connectivity index (χ1v) is 6.69. The van der Waals surface area contributed by atoms with Gasteiger partial charge < -0.3 is 10.2 Å². The number of piperidine rings is 1. The van der Waals surface area contributed by atoms with Crippen molar-refractivity contribution >= 4 is 11.6 Å². The average molecular weight is 257 g/mol. The van der Waals surface area contributed by atoms with E-state index < -0.39 is 0 Å². The van der Waals surface area contributed by atoms with Crippen molar-refractivity contribution in [2.45, 2.75) is 38.8 Å². The van der Waals surface area contributed by atoms with Gasteiger partial charge in [-0.05, 0) is 31.0 Å². The second-order valence-electron chi connectivity index (χ2n) is 5.17. The van der Waals surface area contributed by atoms with Gasteiger partial charge in [0, 0.05) is 18.3 Å². The number of hydrogen-bond acceptors (Lipinski definition) is 3. The van der Waals surface area contributed by atoms with Crippen LogP contribution in [0.3, 0.4) is 0 Å². The van der Waals surface area contributed by atoms with E-state index in [9.17, 15) is 4.79 Å². The number of carbonyl (C=O) groups excluding carboxylic acids is 1. The van der Waals surface area contributed by atoms with E-state index in [0.717, 1.165) is 25.1 Å². The Bertz CT molecular complexity index is 504. The highest BCUT2D eigenvalue weighted by Gasteiger charge is 2.29. The van der Waals surface area contributed by atoms with Gasteiger partial charge in [0.2, 0.25) is 5.91 Å². The molecule has 1 atom stereocenters. The summed E-state index contributed by atoms with van der Waals surface area (Å²) in [5.41, 5.74) is 1.41. The maximum Gasteiger partial charge on any atom is 0.244 e. The Morgan fingerprint density at radius 1 is 1.47 bits per heavy atom. The van der Waals surface area contributed by atoms with E-state index in [1.807, 2.05) is 26.0 Å². The molecule has 100 valence electrons. The maximum absolute atomic E-state index is 12.4. The van der Waals surface area contributed by atoms with E-state index in [1.54, 1.807) is 17.0 Å². The molecular weight excluding hydrogens is 238 g/mol. The predicted octanol–water partition coefficient (Wildman–Crippen LogP) is 2.05. The number of nitrogens with zero attached hydrogens (tertiary/aromatic N) is 2.